The zero-order valence-corrected chi connectivity index (χ0v) is 11.1. The minimum atomic E-state index is 0.561. The molecule has 0 spiro atoms. The molecule has 1 aliphatic carbocycles. The van der Waals surface area contributed by atoms with Gasteiger partial charge in [0.1, 0.15) is 0 Å². The highest BCUT2D eigenvalue weighted by molar-refractivity contribution is 5.48. The zero-order valence-electron chi connectivity index (χ0n) is 11.1. The monoisotopic (exact) mass is 242 g/mol. The van der Waals surface area contributed by atoms with Crippen LogP contribution in [-0.2, 0) is 0 Å². The van der Waals surface area contributed by atoms with E-state index in [-0.39, 0.29) is 0 Å². The average Bonchev–Trinajstić information content (AvgIpc) is 2.71. The molecular weight excluding hydrogens is 220 g/mol. The maximum absolute atomic E-state index is 4.33. The van der Waals surface area contributed by atoms with Crippen molar-refractivity contribution in [1.82, 2.24) is 10.3 Å². The number of hydrogen-bond acceptors (Lipinski definition) is 2. The molecule has 1 N–H and O–H groups in total. The van der Waals surface area contributed by atoms with Crippen LogP contribution in [0, 0.1) is 12.8 Å². The molecule has 18 heavy (non-hydrogen) atoms. The summed E-state index contributed by atoms with van der Waals surface area (Å²) in [5, 5.41) is 3.78. The molecule has 3 fully saturated rings. The third kappa shape index (κ3) is 2.81. The van der Waals surface area contributed by atoms with Crippen molar-refractivity contribution in [3.8, 4) is 0 Å². The van der Waals surface area contributed by atoms with Crippen molar-refractivity contribution in [2.45, 2.75) is 51.1 Å². The molecule has 1 atom stereocenters. The Labute approximate surface area is 110 Å². The van der Waals surface area contributed by atoms with Gasteiger partial charge in [0.25, 0.3) is 0 Å². The molecule has 2 saturated heterocycles. The molecular formula is C16H22N2. The van der Waals surface area contributed by atoms with Gasteiger partial charge >= 0.3 is 0 Å². The fourth-order valence-electron chi connectivity index (χ4n) is 3.23. The van der Waals surface area contributed by atoms with E-state index in [0.29, 0.717) is 6.04 Å². The largest absolute Gasteiger partial charge is 0.308 e. The van der Waals surface area contributed by atoms with Gasteiger partial charge in [-0.15, -0.1) is 0 Å². The summed E-state index contributed by atoms with van der Waals surface area (Å²) in [7, 11) is 0. The lowest BCUT2D eigenvalue weighted by molar-refractivity contribution is 0.344. The number of nitrogens with zero attached hydrogens (tertiary/aromatic N) is 1. The molecule has 96 valence electrons. The molecule has 3 aliphatic rings. The van der Waals surface area contributed by atoms with Gasteiger partial charge in [0.05, 0.1) is 0 Å². The summed E-state index contributed by atoms with van der Waals surface area (Å²) in [5.41, 5.74) is 2.29. The highest BCUT2D eigenvalue weighted by atomic mass is 15.0. The van der Waals surface area contributed by atoms with E-state index in [2.05, 4.69) is 34.6 Å². The van der Waals surface area contributed by atoms with Gasteiger partial charge in [-0.25, -0.2) is 0 Å². The first kappa shape index (κ1) is 11.9. The molecule has 2 nitrogen and oxygen atoms in total. The van der Waals surface area contributed by atoms with Crippen LogP contribution in [0.4, 0.5) is 0 Å². The molecule has 3 heterocycles. The molecule has 1 saturated carbocycles. The van der Waals surface area contributed by atoms with Gasteiger partial charge < -0.3 is 5.32 Å². The second-order valence-corrected chi connectivity index (χ2v) is 5.82. The SMILES string of the molecule is Cc1ccc(/C=C\C2CC3CCC(CC3)N2)cn1. The highest BCUT2D eigenvalue weighted by Crippen LogP contribution is 2.32. The van der Waals surface area contributed by atoms with Crippen molar-refractivity contribution in [2.75, 3.05) is 0 Å². The van der Waals surface area contributed by atoms with E-state index in [1.165, 1.54) is 37.7 Å². The quantitative estimate of drug-likeness (QED) is 0.860. The summed E-state index contributed by atoms with van der Waals surface area (Å²) in [6, 6.07) is 5.54. The number of nitrogens with one attached hydrogen (secondary N) is 1. The summed E-state index contributed by atoms with van der Waals surface area (Å²) in [6.07, 6.45) is 13.4. The van der Waals surface area contributed by atoms with Crippen LogP contribution in [0.3, 0.4) is 0 Å². The smallest absolute Gasteiger partial charge is 0.0373 e. The van der Waals surface area contributed by atoms with Crippen LogP contribution in [0.1, 0.15) is 43.4 Å². The Hall–Kier alpha value is -1.15. The molecule has 1 aromatic rings. The van der Waals surface area contributed by atoms with E-state index in [0.717, 1.165) is 17.7 Å². The maximum Gasteiger partial charge on any atom is 0.0373 e. The van der Waals surface area contributed by atoms with Crippen LogP contribution in [0.25, 0.3) is 6.08 Å². The fourth-order valence-corrected chi connectivity index (χ4v) is 3.23. The van der Waals surface area contributed by atoms with Crippen molar-refractivity contribution in [1.29, 1.82) is 0 Å². The molecule has 1 aromatic heterocycles. The highest BCUT2D eigenvalue weighted by Gasteiger charge is 2.28. The number of hydrogen-bond donors (Lipinski definition) is 1. The molecule has 4 rings (SSSR count). The molecule has 0 aromatic carbocycles. The minimum absolute atomic E-state index is 0.561. The van der Waals surface area contributed by atoms with Gasteiger partial charge in [0.15, 0.2) is 0 Å². The summed E-state index contributed by atoms with van der Waals surface area (Å²) < 4.78 is 0. The average molecular weight is 242 g/mol. The van der Waals surface area contributed by atoms with Crippen LogP contribution in [0.5, 0.6) is 0 Å². The molecule has 2 aliphatic heterocycles. The standard InChI is InChI=1S/C16H22N2/c1-12-2-3-14(11-17-12)6-9-16-10-13-4-7-15(18-16)8-5-13/h2-3,6,9,11,13,15-16,18H,4-5,7-8,10H2,1H3/b9-6-. The molecule has 1 unspecified atom stereocenters. The van der Waals surface area contributed by atoms with Gasteiger partial charge in [0.2, 0.25) is 0 Å². The van der Waals surface area contributed by atoms with Crippen molar-refractivity contribution in [3.63, 3.8) is 0 Å². The number of aryl methyl sites for hydroxylation is 1. The van der Waals surface area contributed by atoms with Gasteiger partial charge in [-0.3, -0.25) is 4.98 Å². The predicted octanol–water partition coefficient (Wildman–Crippen LogP) is 3.32. The van der Waals surface area contributed by atoms with E-state index in [1.54, 1.807) is 0 Å². The number of pyridine rings is 1. The van der Waals surface area contributed by atoms with E-state index in [4.69, 9.17) is 0 Å². The maximum atomic E-state index is 4.33. The number of fused-ring (bicyclic) bond motifs is 4. The van der Waals surface area contributed by atoms with E-state index in [1.807, 2.05) is 13.1 Å². The predicted molar refractivity (Wildman–Crippen MR) is 75.3 cm³/mol. The summed E-state index contributed by atoms with van der Waals surface area (Å²) in [5.74, 6) is 0.946. The molecule has 0 radical (unpaired) electrons. The normalized spacial score (nSPS) is 31.7. The van der Waals surface area contributed by atoms with E-state index < -0.39 is 0 Å². The summed E-state index contributed by atoms with van der Waals surface area (Å²) in [4.78, 5) is 4.33. The zero-order chi connectivity index (χ0) is 12.4. The Morgan fingerprint density at radius 3 is 2.78 bits per heavy atom. The van der Waals surface area contributed by atoms with Gasteiger partial charge in [-0.1, -0.05) is 18.2 Å². The lowest BCUT2D eigenvalue weighted by Crippen LogP contribution is -2.34. The second-order valence-electron chi connectivity index (χ2n) is 5.82. The first-order chi connectivity index (χ1) is 8.79. The van der Waals surface area contributed by atoms with Gasteiger partial charge in [0, 0.05) is 24.0 Å². The number of aromatic nitrogens is 1. The first-order valence-corrected chi connectivity index (χ1v) is 7.16. The van der Waals surface area contributed by atoms with Crippen LogP contribution in [0.15, 0.2) is 24.4 Å². The Kier molecular flexibility index (Phi) is 3.46. The molecule has 2 heteroatoms. The first-order valence-electron chi connectivity index (χ1n) is 7.16. The third-order valence-electron chi connectivity index (χ3n) is 4.34. The van der Waals surface area contributed by atoms with Crippen LogP contribution < -0.4 is 5.32 Å². The van der Waals surface area contributed by atoms with Crippen molar-refractivity contribution >= 4 is 6.08 Å². The summed E-state index contributed by atoms with van der Waals surface area (Å²) >= 11 is 0. The van der Waals surface area contributed by atoms with Gasteiger partial charge in [-0.2, -0.15) is 0 Å². The summed E-state index contributed by atoms with van der Waals surface area (Å²) in [6.45, 7) is 2.03. The van der Waals surface area contributed by atoms with E-state index in [9.17, 15) is 0 Å². The Morgan fingerprint density at radius 2 is 2.06 bits per heavy atom. The Bertz CT molecular complexity index is 399. The van der Waals surface area contributed by atoms with E-state index >= 15 is 0 Å². The van der Waals surface area contributed by atoms with Crippen molar-refractivity contribution in [2.24, 2.45) is 5.92 Å². The molecule has 2 bridgehead atoms. The van der Waals surface area contributed by atoms with Crippen LogP contribution in [-0.4, -0.2) is 17.1 Å². The Morgan fingerprint density at radius 1 is 1.22 bits per heavy atom. The van der Waals surface area contributed by atoms with Crippen molar-refractivity contribution < 1.29 is 0 Å². The van der Waals surface area contributed by atoms with Gasteiger partial charge in [-0.05, 0) is 56.6 Å². The second kappa shape index (κ2) is 5.23. The third-order valence-corrected chi connectivity index (χ3v) is 4.34. The Balaban J connectivity index is 1.67. The number of rotatable bonds is 2. The minimum Gasteiger partial charge on any atom is -0.308 e. The lowest BCUT2D eigenvalue weighted by atomic mass is 9.86. The topological polar surface area (TPSA) is 24.9 Å². The van der Waals surface area contributed by atoms with Crippen LogP contribution >= 0.6 is 0 Å². The van der Waals surface area contributed by atoms with Crippen LogP contribution in [0.2, 0.25) is 0 Å². The molecule has 0 amide bonds. The lowest BCUT2D eigenvalue weighted by Gasteiger charge is -2.22. The van der Waals surface area contributed by atoms with Crippen molar-refractivity contribution in [3.05, 3.63) is 35.7 Å². The fraction of sp³-hybridized carbons (Fsp3) is 0.562.